The summed E-state index contributed by atoms with van der Waals surface area (Å²) in [6.45, 7) is 1.32. The molecule has 2 fully saturated rings. The molecule has 2 aliphatic rings. The van der Waals surface area contributed by atoms with Crippen molar-refractivity contribution in [2.45, 2.75) is 50.0 Å². The number of benzene rings is 1. The van der Waals surface area contributed by atoms with E-state index in [0.29, 0.717) is 18.7 Å². The van der Waals surface area contributed by atoms with Gasteiger partial charge in [0.1, 0.15) is 6.26 Å². The van der Waals surface area contributed by atoms with Crippen molar-refractivity contribution in [1.29, 1.82) is 0 Å². The van der Waals surface area contributed by atoms with Crippen LogP contribution in [0.2, 0.25) is 0 Å². The second kappa shape index (κ2) is 7.59. The molecule has 27 heavy (non-hydrogen) atoms. The van der Waals surface area contributed by atoms with Gasteiger partial charge in [0.2, 0.25) is 5.91 Å². The predicted molar refractivity (Wildman–Crippen MR) is 102 cm³/mol. The standard InChI is InChI=1S/C22H26N2O3/c25-20(17-10-15-27-16-17)24-13-8-19(9-14-24)23-21(26)22(11-4-5-12-22)18-6-2-1-3-7-18/h1-3,6-7,10,15-16,19H,4-5,8-9,11-14H2,(H,23,26). The normalized spacial score (nSPS) is 19.8. The molecular weight excluding hydrogens is 340 g/mol. The topological polar surface area (TPSA) is 62.6 Å². The van der Waals surface area contributed by atoms with E-state index in [1.165, 1.54) is 12.5 Å². The van der Waals surface area contributed by atoms with Crippen LogP contribution in [-0.2, 0) is 10.2 Å². The first kappa shape index (κ1) is 17.8. The number of furan rings is 1. The summed E-state index contributed by atoms with van der Waals surface area (Å²) in [5.74, 6) is 0.163. The SMILES string of the molecule is O=C(c1ccoc1)N1CCC(NC(=O)C2(c3ccccc3)CCCC2)CC1. The van der Waals surface area contributed by atoms with E-state index >= 15 is 0 Å². The zero-order valence-electron chi connectivity index (χ0n) is 15.5. The van der Waals surface area contributed by atoms with Crippen LogP contribution < -0.4 is 5.32 Å². The number of piperidine rings is 1. The Labute approximate surface area is 159 Å². The second-order valence-electron chi connectivity index (χ2n) is 7.71. The number of carbonyl (C=O) groups excluding carboxylic acids is 2. The van der Waals surface area contributed by atoms with Gasteiger partial charge in [-0.1, -0.05) is 43.2 Å². The number of nitrogens with one attached hydrogen (secondary N) is 1. The lowest BCUT2D eigenvalue weighted by Crippen LogP contribution is -2.51. The van der Waals surface area contributed by atoms with E-state index in [1.807, 2.05) is 23.1 Å². The fourth-order valence-corrected chi connectivity index (χ4v) is 4.50. The third-order valence-electron chi connectivity index (χ3n) is 6.10. The van der Waals surface area contributed by atoms with Crippen molar-refractivity contribution in [3.8, 4) is 0 Å². The maximum Gasteiger partial charge on any atom is 0.257 e. The Bertz CT molecular complexity index is 771. The first-order valence-corrected chi connectivity index (χ1v) is 9.87. The molecule has 1 saturated carbocycles. The minimum Gasteiger partial charge on any atom is -0.472 e. The number of amides is 2. The number of hydrogen-bond donors (Lipinski definition) is 1. The summed E-state index contributed by atoms with van der Waals surface area (Å²) in [6.07, 6.45) is 8.62. The molecule has 5 nitrogen and oxygen atoms in total. The Balaban J connectivity index is 1.38. The van der Waals surface area contributed by atoms with E-state index in [2.05, 4.69) is 17.4 Å². The van der Waals surface area contributed by atoms with Crippen LogP contribution >= 0.6 is 0 Å². The zero-order valence-corrected chi connectivity index (χ0v) is 15.5. The summed E-state index contributed by atoms with van der Waals surface area (Å²) < 4.78 is 5.01. The molecule has 1 saturated heterocycles. The van der Waals surface area contributed by atoms with Crippen molar-refractivity contribution in [2.75, 3.05) is 13.1 Å². The van der Waals surface area contributed by atoms with E-state index in [0.717, 1.165) is 44.1 Å². The van der Waals surface area contributed by atoms with E-state index in [1.54, 1.807) is 6.07 Å². The molecule has 1 aromatic carbocycles. The maximum absolute atomic E-state index is 13.2. The molecule has 0 spiro atoms. The van der Waals surface area contributed by atoms with Crippen molar-refractivity contribution in [3.05, 3.63) is 60.1 Å². The van der Waals surface area contributed by atoms with Gasteiger partial charge in [-0.2, -0.15) is 0 Å². The summed E-state index contributed by atoms with van der Waals surface area (Å²) in [5, 5.41) is 3.30. The van der Waals surface area contributed by atoms with E-state index < -0.39 is 0 Å². The maximum atomic E-state index is 13.2. The van der Waals surface area contributed by atoms with Crippen LogP contribution in [-0.4, -0.2) is 35.8 Å². The minimum absolute atomic E-state index is 0.00470. The molecule has 2 amide bonds. The highest BCUT2D eigenvalue weighted by atomic mass is 16.3. The lowest BCUT2D eigenvalue weighted by Gasteiger charge is -2.35. The van der Waals surface area contributed by atoms with Gasteiger partial charge in [-0.05, 0) is 37.3 Å². The number of nitrogens with zero attached hydrogens (tertiary/aromatic N) is 1. The Hall–Kier alpha value is -2.56. The molecular formula is C22H26N2O3. The lowest BCUT2D eigenvalue weighted by molar-refractivity contribution is -0.127. The summed E-state index contributed by atoms with van der Waals surface area (Å²) in [7, 11) is 0. The van der Waals surface area contributed by atoms with Gasteiger partial charge in [0.25, 0.3) is 5.91 Å². The highest BCUT2D eigenvalue weighted by molar-refractivity contribution is 5.94. The van der Waals surface area contributed by atoms with Crippen LogP contribution in [0.4, 0.5) is 0 Å². The summed E-state index contributed by atoms with van der Waals surface area (Å²) in [5.41, 5.74) is 1.34. The molecule has 4 rings (SSSR count). The van der Waals surface area contributed by atoms with Gasteiger partial charge >= 0.3 is 0 Å². The van der Waals surface area contributed by atoms with Crippen molar-refractivity contribution in [2.24, 2.45) is 0 Å². The van der Waals surface area contributed by atoms with Crippen LogP contribution in [0.25, 0.3) is 0 Å². The van der Waals surface area contributed by atoms with E-state index in [-0.39, 0.29) is 23.3 Å². The molecule has 0 bridgehead atoms. The minimum atomic E-state index is -0.384. The highest BCUT2D eigenvalue weighted by Gasteiger charge is 2.43. The third kappa shape index (κ3) is 3.51. The Morgan fingerprint density at radius 3 is 2.37 bits per heavy atom. The summed E-state index contributed by atoms with van der Waals surface area (Å²) >= 11 is 0. The molecule has 1 aliphatic carbocycles. The smallest absolute Gasteiger partial charge is 0.257 e. The number of rotatable bonds is 4. The van der Waals surface area contributed by atoms with Crippen LogP contribution in [0, 0.1) is 0 Å². The molecule has 2 heterocycles. The first-order valence-electron chi connectivity index (χ1n) is 9.87. The van der Waals surface area contributed by atoms with Gasteiger partial charge < -0.3 is 14.6 Å². The molecule has 1 aliphatic heterocycles. The molecule has 5 heteroatoms. The first-order chi connectivity index (χ1) is 13.2. The fraction of sp³-hybridized carbons (Fsp3) is 0.455. The van der Waals surface area contributed by atoms with Gasteiger partial charge in [0, 0.05) is 19.1 Å². The molecule has 1 aromatic heterocycles. The van der Waals surface area contributed by atoms with E-state index in [9.17, 15) is 9.59 Å². The lowest BCUT2D eigenvalue weighted by atomic mass is 9.77. The Morgan fingerprint density at radius 1 is 1.04 bits per heavy atom. The van der Waals surface area contributed by atoms with Crippen LogP contribution in [0.5, 0.6) is 0 Å². The van der Waals surface area contributed by atoms with Crippen molar-refractivity contribution in [1.82, 2.24) is 10.2 Å². The quantitative estimate of drug-likeness (QED) is 0.901. The molecule has 2 aromatic rings. The van der Waals surface area contributed by atoms with Gasteiger partial charge in [0.15, 0.2) is 0 Å². The molecule has 1 N–H and O–H groups in total. The summed E-state index contributed by atoms with van der Waals surface area (Å²) in [6, 6.07) is 12.0. The van der Waals surface area contributed by atoms with Crippen LogP contribution in [0.3, 0.4) is 0 Å². The molecule has 0 radical (unpaired) electrons. The number of likely N-dealkylation sites (tertiary alicyclic amines) is 1. The van der Waals surface area contributed by atoms with Crippen LogP contribution in [0.15, 0.2) is 53.3 Å². The van der Waals surface area contributed by atoms with E-state index in [4.69, 9.17) is 4.42 Å². The third-order valence-corrected chi connectivity index (χ3v) is 6.10. The second-order valence-corrected chi connectivity index (χ2v) is 7.71. The van der Waals surface area contributed by atoms with Gasteiger partial charge in [-0.15, -0.1) is 0 Å². The van der Waals surface area contributed by atoms with Gasteiger partial charge in [-0.3, -0.25) is 9.59 Å². The Kier molecular flexibility index (Phi) is 5.01. The largest absolute Gasteiger partial charge is 0.472 e. The van der Waals surface area contributed by atoms with Gasteiger partial charge in [0.05, 0.1) is 17.2 Å². The molecule has 142 valence electrons. The van der Waals surface area contributed by atoms with Crippen molar-refractivity contribution >= 4 is 11.8 Å². The average Bonchev–Trinajstić information content (AvgIpc) is 3.41. The predicted octanol–water partition coefficient (Wildman–Crippen LogP) is 3.51. The zero-order chi connectivity index (χ0) is 18.7. The summed E-state index contributed by atoms with van der Waals surface area (Å²) in [4.78, 5) is 27.5. The molecule has 0 unspecified atom stereocenters. The molecule has 0 atom stereocenters. The van der Waals surface area contributed by atoms with Crippen LogP contribution in [0.1, 0.15) is 54.4 Å². The Morgan fingerprint density at radius 2 is 1.74 bits per heavy atom. The fourth-order valence-electron chi connectivity index (χ4n) is 4.50. The average molecular weight is 366 g/mol. The number of hydrogen-bond acceptors (Lipinski definition) is 3. The van der Waals surface area contributed by atoms with Crippen molar-refractivity contribution in [3.63, 3.8) is 0 Å². The highest BCUT2D eigenvalue weighted by Crippen LogP contribution is 2.41. The van der Waals surface area contributed by atoms with Crippen molar-refractivity contribution < 1.29 is 14.0 Å². The number of carbonyl (C=O) groups is 2. The van der Waals surface area contributed by atoms with Gasteiger partial charge in [-0.25, -0.2) is 0 Å². The monoisotopic (exact) mass is 366 g/mol.